The number of carbonyl (C=O) groups excluding carboxylic acids is 1. The van der Waals surface area contributed by atoms with E-state index in [2.05, 4.69) is 4.72 Å². The van der Waals surface area contributed by atoms with Gasteiger partial charge in [0.25, 0.3) is 5.69 Å². The number of rotatable bonds is 6. The van der Waals surface area contributed by atoms with Crippen molar-refractivity contribution in [2.24, 2.45) is 0 Å². The third-order valence-electron chi connectivity index (χ3n) is 2.85. The van der Waals surface area contributed by atoms with Gasteiger partial charge in [-0.2, -0.15) is 0 Å². The van der Waals surface area contributed by atoms with E-state index in [0.29, 0.717) is 5.56 Å². The van der Waals surface area contributed by atoms with Crippen molar-refractivity contribution < 1.29 is 23.2 Å². The number of hydrogen-bond acceptors (Lipinski definition) is 6. The third-order valence-corrected chi connectivity index (χ3v) is 4.17. The molecule has 0 saturated carbocycles. The number of nitrogens with zero attached hydrogens (tertiary/aromatic N) is 2. The predicted molar refractivity (Wildman–Crippen MR) is 83.8 cm³/mol. The van der Waals surface area contributed by atoms with E-state index in [1.807, 2.05) is 0 Å². The molecule has 0 unspecified atom stereocenters. The van der Waals surface area contributed by atoms with Crippen molar-refractivity contribution in [1.29, 1.82) is 0 Å². The first-order valence-corrected chi connectivity index (χ1v) is 7.93. The molecule has 0 bridgehead atoms. The predicted octanol–water partition coefficient (Wildman–Crippen LogP) is 1.75. The highest BCUT2D eigenvalue weighted by atomic mass is 32.2. The van der Waals surface area contributed by atoms with Gasteiger partial charge in [-0.3, -0.25) is 10.1 Å². The molecule has 0 aliphatic carbocycles. The number of hydrogen-bond donors (Lipinski definition) is 0. The number of carboxylic acid groups (broad SMARTS) is 1. The minimum Gasteiger partial charge on any atom is -0.573 e. The summed E-state index contributed by atoms with van der Waals surface area (Å²) in [7, 11) is -4.05. The molecular weight excluding hydrogens is 336 g/mol. The summed E-state index contributed by atoms with van der Waals surface area (Å²) in [5.41, 5.74) is 0.288. The molecule has 0 aromatic heterocycles. The zero-order valence-corrected chi connectivity index (χ0v) is 12.8. The molecule has 0 N–H and O–H groups in total. The van der Waals surface area contributed by atoms with Gasteiger partial charge in [-0.15, -0.1) is 5.69 Å². The van der Waals surface area contributed by atoms with Gasteiger partial charge in [0.05, 0.1) is 15.8 Å². The molecule has 0 spiro atoms. The molecule has 0 radical (unpaired) electrons. The Morgan fingerprint density at radius 3 is 2.38 bits per heavy atom. The smallest absolute Gasteiger partial charge is 0.269 e. The Hall–Kier alpha value is -3.20. The minimum absolute atomic E-state index is 0.0915. The molecule has 0 aliphatic heterocycles. The van der Waals surface area contributed by atoms with Gasteiger partial charge < -0.3 is 14.6 Å². The molecule has 9 heteroatoms. The van der Waals surface area contributed by atoms with Crippen molar-refractivity contribution in [3.63, 3.8) is 0 Å². The Bertz CT molecular complexity index is 904. The van der Waals surface area contributed by atoms with E-state index >= 15 is 0 Å². The molecule has 0 saturated heterocycles. The van der Waals surface area contributed by atoms with Gasteiger partial charge in [0.15, 0.2) is 0 Å². The highest BCUT2D eigenvalue weighted by molar-refractivity contribution is 7.94. The molecule has 124 valence electrons. The molecule has 24 heavy (non-hydrogen) atoms. The Balaban J connectivity index is 2.24. The van der Waals surface area contributed by atoms with Gasteiger partial charge in [0.2, 0.25) is 0 Å². The van der Waals surface area contributed by atoms with E-state index in [0.717, 1.165) is 30.3 Å². The second-order valence-electron chi connectivity index (χ2n) is 4.56. The maximum atomic E-state index is 12.2. The number of sulfonamides is 1. The Morgan fingerprint density at radius 1 is 1.12 bits per heavy atom. The van der Waals surface area contributed by atoms with E-state index in [9.17, 15) is 28.4 Å². The van der Waals surface area contributed by atoms with Crippen LogP contribution in [0.2, 0.25) is 0 Å². The fraction of sp³-hybridized carbons (Fsp3) is 0. The zero-order chi connectivity index (χ0) is 17.7. The lowest BCUT2D eigenvalue weighted by Gasteiger charge is -2.22. The van der Waals surface area contributed by atoms with Crippen LogP contribution in [0.5, 0.6) is 0 Å². The van der Waals surface area contributed by atoms with Crippen LogP contribution in [-0.2, 0) is 14.8 Å². The summed E-state index contributed by atoms with van der Waals surface area (Å²) in [6, 6.07) is 10.2. The lowest BCUT2D eigenvalue weighted by Crippen LogP contribution is -2.18. The molecule has 8 nitrogen and oxygen atoms in total. The lowest BCUT2D eigenvalue weighted by molar-refractivity contribution is -0.384. The molecule has 2 rings (SSSR count). The van der Waals surface area contributed by atoms with Crippen molar-refractivity contribution in [2.75, 3.05) is 0 Å². The van der Waals surface area contributed by atoms with Crippen LogP contribution in [0.15, 0.2) is 59.5 Å². The first-order chi connectivity index (χ1) is 11.3. The van der Waals surface area contributed by atoms with Gasteiger partial charge in [0, 0.05) is 12.1 Å². The van der Waals surface area contributed by atoms with Crippen LogP contribution in [0, 0.1) is 10.1 Å². The monoisotopic (exact) mass is 346 g/mol. The summed E-state index contributed by atoms with van der Waals surface area (Å²) in [4.78, 5) is 20.1. The van der Waals surface area contributed by atoms with Crippen molar-refractivity contribution in [3.8, 4) is 0 Å². The summed E-state index contributed by atoms with van der Waals surface area (Å²) < 4.78 is 28.0. The largest absolute Gasteiger partial charge is 0.573 e. The highest BCUT2D eigenvalue weighted by Gasteiger charge is 2.09. The quantitative estimate of drug-likeness (QED) is 0.445. The molecule has 2 aromatic rings. The van der Waals surface area contributed by atoms with Crippen molar-refractivity contribution in [2.45, 2.75) is 4.90 Å². The first-order valence-electron chi connectivity index (χ1n) is 6.49. The van der Waals surface area contributed by atoms with Crippen LogP contribution in [0.3, 0.4) is 0 Å². The van der Waals surface area contributed by atoms with Gasteiger partial charge in [-0.05, 0) is 23.8 Å². The number of nitro benzene ring substituents is 1. The summed E-state index contributed by atoms with van der Waals surface area (Å²) in [6.07, 6.45) is 2.05. The second kappa shape index (κ2) is 6.92. The Kier molecular flexibility index (Phi) is 4.95. The van der Waals surface area contributed by atoms with Crippen LogP contribution in [0.25, 0.3) is 10.8 Å². The summed E-state index contributed by atoms with van der Waals surface area (Å²) in [6.45, 7) is 0. The maximum Gasteiger partial charge on any atom is 0.269 e. The molecular formula is C15H10N2O6S-2. The summed E-state index contributed by atoms with van der Waals surface area (Å²) >= 11 is 0. The lowest BCUT2D eigenvalue weighted by atomic mass is 10.2. The van der Waals surface area contributed by atoms with E-state index in [-0.39, 0.29) is 16.3 Å². The minimum atomic E-state index is -4.05. The fourth-order valence-corrected chi connectivity index (χ4v) is 2.76. The van der Waals surface area contributed by atoms with E-state index < -0.39 is 20.9 Å². The molecule has 0 aliphatic rings. The van der Waals surface area contributed by atoms with Gasteiger partial charge in [0.1, 0.15) is 10.0 Å². The molecule has 0 amide bonds. The van der Waals surface area contributed by atoms with Crippen molar-refractivity contribution >= 4 is 33.4 Å². The average molecular weight is 346 g/mol. The number of benzene rings is 2. The van der Waals surface area contributed by atoms with Crippen LogP contribution < -0.4 is 5.11 Å². The van der Waals surface area contributed by atoms with E-state index in [4.69, 9.17) is 0 Å². The van der Waals surface area contributed by atoms with E-state index in [1.165, 1.54) is 24.3 Å². The number of carbonyl (C=O) groups is 1. The average Bonchev–Trinajstić information content (AvgIpc) is 2.53. The fourth-order valence-electron chi connectivity index (χ4n) is 1.78. The molecule has 0 fully saturated rings. The van der Waals surface area contributed by atoms with Gasteiger partial charge in [-0.25, -0.2) is 8.42 Å². The van der Waals surface area contributed by atoms with Crippen LogP contribution in [0.1, 0.15) is 5.56 Å². The van der Waals surface area contributed by atoms with Crippen molar-refractivity contribution in [1.82, 2.24) is 0 Å². The molecule has 0 heterocycles. The topological polar surface area (TPSA) is 132 Å². The number of aliphatic carboxylic acids is 1. The SMILES string of the molecule is O=C([O-])C=Cc1cccc([N-]S(=O)(=O)c2ccc([N+](=O)[O-])cc2)c1. The van der Waals surface area contributed by atoms with Gasteiger partial charge >= 0.3 is 0 Å². The molecule has 2 aromatic carbocycles. The zero-order valence-electron chi connectivity index (χ0n) is 12.0. The number of nitro groups is 1. The third kappa shape index (κ3) is 4.40. The van der Waals surface area contributed by atoms with Crippen LogP contribution >= 0.6 is 0 Å². The Labute approximate surface area is 137 Å². The van der Waals surface area contributed by atoms with E-state index in [1.54, 1.807) is 6.07 Å². The maximum absolute atomic E-state index is 12.2. The first kappa shape index (κ1) is 17.2. The normalized spacial score (nSPS) is 11.3. The van der Waals surface area contributed by atoms with Crippen LogP contribution in [0.4, 0.5) is 11.4 Å². The number of carboxylic acids is 1. The summed E-state index contributed by atoms with van der Waals surface area (Å²) in [5.74, 6) is -1.38. The van der Waals surface area contributed by atoms with Gasteiger partial charge in [-0.1, -0.05) is 30.3 Å². The van der Waals surface area contributed by atoms with Crippen LogP contribution in [-0.4, -0.2) is 19.3 Å². The Morgan fingerprint density at radius 2 is 1.79 bits per heavy atom. The standard InChI is InChI=1S/C15H11N2O6S/c18-15(19)9-4-11-2-1-3-12(10-11)16-24(22,23)14-7-5-13(6-8-14)17(20)21/h1-10H,(H,18,19)/q-1/p-1. The number of non-ortho nitro benzene ring substituents is 1. The van der Waals surface area contributed by atoms with Crippen molar-refractivity contribution in [3.05, 3.63) is 75.0 Å². The molecule has 0 atom stereocenters. The summed E-state index contributed by atoms with van der Waals surface area (Å²) in [5, 5.41) is 21.0. The second-order valence-corrected chi connectivity index (χ2v) is 6.17. The highest BCUT2D eigenvalue weighted by Crippen LogP contribution is 2.29.